The number of benzene rings is 2. The highest BCUT2D eigenvalue weighted by molar-refractivity contribution is 6.09. The van der Waals surface area contributed by atoms with Crippen molar-refractivity contribution >= 4 is 16.9 Å². The Labute approximate surface area is 142 Å². The van der Waals surface area contributed by atoms with Crippen LogP contribution >= 0.6 is 0 Å². The molecular formula is C21H23NO2. The number of aromatic amines is 1. The van der Waals surface area contributed by atoms with E-state index in [0.717, 1.165) is 22.0 Å². The van der Waals surface area contributed by atoms with Crippen LogP contribution in [0.25, 0.3) is 22.0 Å². The molecule has 0 amide bonds. The third-order valence-electron chi connectivity index (χ3n) is 4.17. The Hall–Kier alpha value is -2.55. The molecule has 0 unspecified atom stereocenters. The molecule has 0 bridgehead atoms. The smallest absolute Gasteiger partial charge is 0.355 e. The van der Waals surface area contributed by atoms with Crippen molar-refractivity contribution < 1.29 is 9.53 Å². The van der Waals surface area contributed by atoms with Crippen LogP contribution < -0.4 is 0 Å². The molecule has 0 aliphatic heterocycles. The first-order valence-electron chi connectivity index (χ1n) is 8.31. The van der Waals surface area contributed by atoms with Gasteiger partial charge in [0.2, 0.25) is 0 Å². The summed E-state index contributed by atoms with van der Waals surface area (Å²) in [5.41, 5.74) is 4.61. The van der Waals surface area contributed by atoms with Crippen LogP contribution in [0.2, 0.25) is 0 Å². The third-order valence-corrected chi connectivity index (χ3v) is 4.17. The molecule has 0 saturated heterocycles. The Kier molecular flexibility index (Phi) is 4.18. The largest absolute Gasteiger partial charge is 0.461 e. The summed E-state index contributed by atoms with van der Waals surface area (Å²) >= 11 is 0. The normalized spacial score (nSPS) is 11.7. The van der Waals surface area contributed by atoms with Gasteiger partial charge in [0.15, 0.2) is 0 Å². The van der Waals surface area contributed by atoms with Crippen molar-refractivity contribution in [2.45, 2.75) is 33.1 Å². The van der Waals surface area contributed by atoms with Gasteiger partial charge in [-0.1, -0.05) is 63.2 Å². The molecule has 0 spiro atoms. The lowest BCUT2D eigenvalue weighted by atomic mass is 9.83. The maximum atomic E-state index is 12.5. The van der Waals surface area contributed by atoms with E-state index in [9.17, 15) is 4.79 Å². The van der Waals surface area contributed by atoms with Gasteiger partial charge in [0, 0.05) is 16.5 Å². The SMILES string of the molecule is CCOC(=O)c1[nH]c2cccc(C(C)(C)C)c2c1-c1ccccc1. The highest BCUT2D eigenvalue weighted by atomic mass is 16.5. The lowest BCUT2D eigenvalue weighted by molar-refractivity contribution is 0.0521. The molecule has 1 N–H and O–H groups in total. The van der Waals surface area contributed by atoms with Gasteiger partial charge in [-0.3, -0.25) is 0 Å². The van der Waals surface area contributed by atoms with Crippen LogP contribution in [0.15, 0.2) is 48.5 Å². The van der Waals surface area contributed by atoms with Crippen molar-refractivity contribution in [2.24, 2.45) is 0 Å². The summed E-state index contributed by atoms with van der Waals surface area (Å²) in [6, 6.07) is 16.2. The zero-order chi connectivity index (χ0) is 17.3. The first-order valence-corrected chi connectivity index (χ1v) is 8.31. The van der Waals surface area contributed by atoms with E-state index in [1.165, 1.54) is 5.56 Å². The van der Waals surface area contributed by atoms with E-state index in [0.29, 0.717) is 12.3 Å². The van der Waals surface area contributed by atoms with Crippen LogP contribution in [0.5, 0.6) is 0 Å². The highest BCUT2D eigenvalue weighted by Crippen LogP contribution is 2.39. The minimum atomic E-state index is -0.313. The van der Waals surface area contributed by atoms with Crippen molar-refractivity contribution in [3.05, 3.63) is 59.8 Å². The molecule has 0 radical (unpaired) electrons. The van der Waals surface area contributed by atoms with Gasteiger partial charge in [-0.25, -0.2) is 4.79 Å². The molecule has 3 heteroatoms. The Balaban J connectivity index is 2.39. The van der Waals surface area contributed by atoms with Gasteiger partial charge >= 0.3 is 5.97 Å². The monoisotopic (exact) mass is 321 g/mol. The van der Waals surface area contributed by atoms with Crippen LogP contribution in [0, 0.1) is 0 Å². The minimum absolute atomic E-state index is 0.0306. The first-order chi connectivity index (χ1) is 11.4. The van der Waals surface area contributed by atoms with Gasteiger partial charge < -0.3 is 9.72 Å². The van der Waals surface area contributed by atoms with E-state index in [2.05, 4.69) is 31.8 Å². The second-order valence-electron chi connectivity index (χ2n) is 6.94. The summed E-state index contributed by atoms with van der Waals surface area (Å²) in [5.74, 6) is -0.313. The van der Waals surface area contributed by atoms with E-state index in [1.807, 2.05) is 49.4 Å². The Morgan fingerprint density at radius 2 is 1.75 bits per heavy atom. The van der Waals surface area contributed by atoms with E-state index in [-0.39, 0.29) is 11.4 Å². The van der Waals surface area contributed by atoms with Gasteiger partial charge in [0.05, 0.1) is 6.61 Å². The average Bonchev–Trinajstić information content (AvgIpc) is 2.94. The number of H-pyrrole nitrogens is 1. The number of carbonyl (C=O) groups is 1. The van der Waals surface area contributed by atoms with Gasteiger partial charge in [0.1, 0.15) is 5.69 Å². The van der Waals surface area contributed by atoms with Crippen molar-refractivity contribution in [1.29, 1.82) is 0 Å². The number of hydrogen-bond acceptors (Lipinski definition) is 2. The first kappa shape index (κ1) is 16.3. The zero-order valence-corrected chi connectivity index (χ0v) is 14.6. The predicted octanol–water partition coefficient (Wildman–Crippen LogP) is 5.31. The number of carbonyl (C=O) groups excluding carboxylic acids is 1. The summed E-state index contributed by atoms with van der Waals surface area (Å²) in [6.07, 6.45) is 0. The van der Waals surface area contributed by atoms with Gasteiger partial charge in [-0.2, -0.15) is 0 Å². The molecule has 0 atom stereocenters. The van der Waals surface area contributed by atoms with Crippen LogP contribution in [-0.4, -0.2) is 17.6 Å². The number of ether oxygens (including phenoxy) is 1. The number of esters is 1. The zero-order valence-electron chi connectivity index (χ0n) is 14.6. The highest BCUT2D eigenvalue weighted by Gasteiger charge is 2.25. The summed E-state index contributed by atoms with van der Waals surface area (Å²) in [5, 5.41) is 1.10. The number of rotatable bonds is 3. The molecule has 1 aromatic heterocycles. The second-order valence-corrected chi connectivity index (χ2v) is 6.94. The molecule has 2 aromatic carbocycles. The van der Waals surface area contributed by atoms with E-state index < -0.39 is 0 Å². The van der Waals surface area contributed by atoms with E-state index in [1.54, 1.807) is 0 Å². The van der Waals surface area contributed by atoms with Crippen molar-refractivity contribution in [1.82, 2.24) is 4.98 Å². The van der Waals surface area contributed by atoms with Gasteiger partial charge in [-0.05, 0) is 29.5 Å². The molecule has 0 aliphatic rings. The van der Waals surface area contributed by atoms with E-state index in [4.69, 9.17) is 4.74 Å². The molecule has 124 valence electrons. The maximum absolute atomic E-state index is 12.5. The molecule has 0 aliphatic carbocycles. The van der Waals surface area contributed by atoms with E-state index >= 15 is 0 Å². The fourth-order valence-electron chi connectivity index (χ4n) is 3.12. The third kappa shape index (κ3) is 2.82. The van der Waals surface area contributed by atoms with Crippen molar-refractivity contribution in [3.8, 4) is 11.1 Å². The second kappa shape index (κ2) is 6.16. The quantitative estimate of drug-likeness (QED) is 0.664. The number of fused-ring (bicyclic) bond motifs is 1. The number of aromatic nitrogens is 1. The molecule has 24 heavy (non-hydrogen) atoms. The summed E-state index contributed by atoms with van der Waals surface area (Å²) in [6.45, 7) is 8.74. The lowest BCUT2D eigenvalue weighted by Gasteiger charge is -2.21. The maximum Gasteiger partial charge on any atom is 0.355 e. The van der Waals surface area contributed by atoms with Gasteiger partial charge in [-0.15, -0.1) is 0 Å². The fraction of sp³-hybridized carbons (Fsp3) is 0.286. The van der Waals surface area contributed by atoms with Crippen LogP contribution in [0.1, 0.15) is 43.7 Å². The summed E-state index contributed by atoms with van der Waals surface area (Å²) in [4.78, 5) is 15.8. The number of nitrogens with one attached hydrogen (secondary N) is 1. The van der Waals surface area contributed by atoms with Crippen LogP contribution in [0.3, 0.4) is 0 Å². The van der Waals surface area contributed by atoms with Crippen LogP contribution in [0.4, 0.5) is 0 Å². The van der Waals surface area contributed by atoms with Crippen molar-refractivity contribution in [2.75, 3.05) is 6.61 Å². The summed E-state index contributed by atoms with van der Waals surface area (Å²) < 4.78 is 5.27. The van der Waals surface area contributed by atoms with Gasteiger partial charge in [0.25, 0.3) is 0 Å². The molecule has 3 nitrogen and oxygen atoms in total. The molecule has 3 rings (SSSR count). The topological polar surface area (TPSA) is 42.1 Å². The van der Waals surface area contributed by atoms with Crippen LogP contribution in [-0.2, 0) is 10.2 Å². The summed E-state index contributed by atoms with van der Waals surface area (Å²) in [7, 11) is 0. The molecular weight excluding hydrogens is 298 g/mol. The predicted molar refractivity (Wildman–Crippen MR) is 98.4 cm³/mol. The molecule has 0 fully saturated rings. The molecule has 3 aromatic rings. The average molecular weight is 321 g/mol. The minimum Gasteiger partial charge on any atom is -0.461 e. The Morgan fingerprint density at radius 1 is 1.04 bits per heavy atom. The molecule has 1 heterocycles. The Bertz CT molecular complexity index is 870. The van der Waals surface area contributed by atoms with Crippen molar-refractivity contribution in [3.63, 3.8) is 0 Å². The standard InChI is InChI=1S/C21H23NO2/c1-5-24-20(23)19-17(14-10-7-6-8-11-14)18-15(21(2,3)4)12-9-13-16(18)22-19/h6-13,22H,5H2,1-4H3. The number of hydrogen-bond donors (Lipinski definition) is 1. The lowest BCUT2D eigenvalue weighted by Crippen LogP contribution is -2.11. The Morgan fingerprint density at radius 3 is 2.38 bits per heavy atom. The fourth-order valence-corrected chi connectivity index (χ4v) is 3.12. The molecule has 0 saturated carbocycles.